The zero-order valence-electron chi connectivity index (χ0n) is 10.5. The molecule has 1 aliphatic heterocycles. The van der Waals surface area contributed by atoms with Gasteiger partial charge in [-0.2, -0.15) is 5.26 Å². The molecule has 2 rings (SSSR count). The normalized spacial score (nSPS) is 12.8. The van der Waals surface area contributed by atoms with Crippen molar-refractivity contribution in [3.8, 4) is 6.07 Å². The molecule has 7 nitrogen and oxygen atoms in total. The molecule has 0 amide bonds. The average Bonchev–Trinajstić information content (AvgIpc) is 2.85. The number of aromatic nitrogens is 2. The van der Waals surface area contributed by atoms with E-state index in [-0.39, 0.29) is 12.2 Å². The summed E-state index contributed by atoms with van der Waals surface area (Å²) >= 11 is 0. The molecule has 0 radical (unpaired) electrons. The Morgan fingerprint density at radius 2 is 2.21 bits per heavy atom. The van der Waals surface area contributed by atoms with Gasteiger partial charge in [-0.3, -0.25) is 14.2 Å². The molecule has 0 aliphatic carbocycles. The van der Waals surface area contributed by atoms with Crippen LogP contribution in [-0.4, -0.2) is 21.7 Å². The van der Waals surface area contributed by atoms with Crippen molar-refractivity contribution in [1.29, 1.82) is 5.26 Å². The Bertz CT molecular complexity index is 678. The molecule has 7 heteroatoms. The van der Waals surface area contributed by atoms with E-state index in [0.29, 0.717) is 25.1 Å². The van der Waals surface area contributed by atoms with Crippen LogP contribution >= 0.6 is 0 Å². The third-order valence-electron chi connectivity index (χ3n) is 3.03. The van der Waals surface area contributed by atoms with Gasteiger partial charge in [0, 0.05) is 12.2 Å². The second-order valence-corrected chi connectivity index (χ2v) is 4.17. The molecule has 0 spiro atoms. The monoisotopic (exact) mass is 263 g/mol. The lowest BCUT2D eigenvalue weighted by Gasteiger charge is -2.10. The van der Waals surface area contributed by atoms with Crippen LogP contribution in [0.5, 0.6) is 0 Å². The van der Waals surface area contributed by atoms with Crippen LogP contribution in [0.2, 0.25) is 0 Å². The molecule has 0 bridgehead atoms. The maximum Gasteiger partial charge on any atom is 0.331 e. The summed E-state index contributed by atoms with van der Waals surface area (Å²) in [5, 5.41) is 9.04. The number of esters is 1. The van der Waals surface area contributed by atoms with E-state index in [1.807, 2.05) is 6.07 Å². The zero-order chi connectivity index (χ0) is 14.0. The lowest BCUT2D eigenvalue weighted by molar-refractivity contribution is -0.143. The Morgan fingerprint density at radius 1 is 1.47 bits per heavy atom. The summed E-state index contributed by atoms with van der Waals surface area (Å²) in [6.45, 7) is 1.81. The number of carbonyl (C=O) groups excluding carboxylic acids is 1. The Hall–Kier alpha value is -2.36. The van der Waals surface area contributed by atoms with Crippen LogP contribution < -0.4 is 11.2 Å². The zero-order valence-corrected chi connectivity index (χ0v) is 10.5. The lowest BCUT2D eigenvalue weighted by atomic mass is 10.2. The number of carbonyl (C=O) groups is 1. The summed E-state index contributed by atoms with van der Waals surface area (Å²) in [6, 6.07) is 1.82. The van der Waals surface area contributed by atoms with Crippen molar-refractivity contribution in [2.75, 3.05) is 6.61 Å². The van der Waals surface area contributed by atoms with E-state index >= 15 is 0 Å². The second-order valence-electron chi connectivity index (χ2n) is 4.17. The number of ether oxygens (including phenoxy) is 1. The fourth-order valence-electron chi connectivity index (χ4n) is 2.22. The van der Waals surface area contributed by atoms with E-state index in [1.54, 1.807) is 6.92 Å². The molecule has 0 N–H and O–H groups in total. The highest BCUT2D eigenvalue weighted by Gasteiger charge is 2.23. The van der Waals surface area contributed by atoms with Crippen LogP contribution in [0.3, 0.4) is 0 Å². The van der Waals surface area contributed by atoms with E-state index < -0.39 is 23.8 Å². The maximum atomic E-state index is 12.1. The molecule has 0 saturated heterocycles. The van der Waals surface area contributed by atoms with E-state index in [1.165, 1.54) is 4.57 Å². The Morgan fingerprint density at radius 3 is 2.84 bits per heavy atom. The number of hydrogen-bond donors (Lipinski definition) is 0. The highest BCUT2D eigenvalue weighted by molar-refractivity contribution is 5.69. The first-order valence-electron chi connectivity index (χ1n) is 6.02. The Labute approximate surface area is 108 Å². The van der Waals surface area contributed by atoms with E-state index in [2.05, 4.69) is 0 Å². The minimum Gasteiger partial charge on any atom is -0.465 e. The van der Waals surface area contributed by atoms with Crippen molar-refractivity contribution in [3.05, 3.63) is 32.1 Å². The Kier molecular flexibility index (Phi) is 3.51. The summed E-state index contributed by atoms with van der Waals surface area (Å²) in [7, 11) is 0. The summed E-state index contributed by atoms with van der Waals surface area (Å²) in [5.41, 5.74) is -0.850. The van der Waals surface area contributed by atoms with Gasteiger partial charge in [-0.1, -0.05) is 0 Å². The third kappa shape index (κ3) is 2.17. The molecule has 1 aliphatic rings. The largest absolute Gasteiger partial charge is 0.465 e. The summed E-state index contributed by atoms with van der Waals surface area (Å²) in [4.78, 5) is 35.5. The second kappa shape index (κ2) is 5.10. The number of rotatable bonds is 3. The van der Waals surface area contributed by atoms with Crippen LogP contribution in [-0.2, 0) is 29.0 Å². The fourth-order valence-corrected chi connectivity index (χ4v) is 2.22. The van der Waals surface area contributed by atoms with Gasteiger partial charge in [0.25, 0.3) is 5.56 Å². The number of hydrogen-bond acceptors (Lipinski definition) is 5. The van der Waals surface area contributed by atoms with Crippen LogP contribution in [0, 0.1) is 11.3 Å². The van der Waals surface area contributed by atoms with Gasteiger partial charge < -0.3 is 4.74 Å². The molecule has 1 aromatic heterocycles. The smallest absolute Gasteiger partial charge is 0.331 e. The van der Waals surface area contributed by atoms with Gasteiger partial charge in [-0.05, 0) is 19.8 Å². The molecule has 0 unspecified atom stereocenters. The van der Waals surface area contributed by atoms with Crippen molar-refractivity contribution < 1.29 is 9.53 Å². The molecule has 0 atom stereocenters. The van der Waals surface area contributed by atoms with Gasteiger partial charge in [0.05, 0.1) is 6.61 Å². The van der Waals surface area contributed by atoms with Crippen LogP contribution in [0.15, 0.2) is 9.59 Å². The maximum absolute atomic E-state index is 12.1. The lowest BCUT2D eigenvalue weighted by Crippen LogP contribution is -2.43. The molecule has 0 fully saturated rings. The predicted octanol–water partition coefficient (Wildman–Crippen LogP) is -0.609. The first-order chi connectivity index (χ1) is 9.10. The highest BCUT2D eigenvalue weighted by atomic mass is 16.5. The average molecular weight is 263 g/mol. The van der Waals surface area contributed by atoms with Crippen LogP contribution in [0.1, 0.15) is 24.6 Å². The molecule has 2 heterocycles. The van der Waals surface area contributed by atoms with Gasteiger partial charge in [0.15, 0.2) is 0 Å². The van der Waals surface area contributed by atoms with Crippen molar-refractivity contribution >= 4 is 5.97 Å². The molecule has 19 heavy (non-hydrogen) atoms. The van der Waals surface area contributed by atoms with Crippen molar-refractivity contribution in [2.24, 2.45) is 0 Å². The third-order valence-corrected chi connectivity index (χ3v) is 3.03. The van der Waals surface area contributed by atoms with Crippen molar-refractivity contribution in [1.82, 2.24) is 9.13 Å². The minimum atomic E-state index is -0.714. The number of fused-ring (bicyclic) bond motifs is 1. The topological polar surface area (TPSA) is 94.1 Å². The van der Waals surface area contributed by atoms with Gasteiger partial charge in [0.1, 0.15) is 18.2 Å². The molecule has 0 saturated carbocycles. The van der Waals surface area contributed by atoms with Crippen LogP contribution in [0.4, 0.5) is 0 Å². The summed E-state index contributed by atoms with van der Waals surface area (Å²) in [5.74, 6) is -0.663. The van der Waals surface area contributed by atoms with Gasteiger partial charge in [-0.15, -0.1) is 0 Å². The van der Waals surface area contributed by atoms with Gasteiger partial charge >= 0.3 is 11.7 Å². The summed E-state index contributed by atoms with van der Waals surface area (Å²) in [6.07, 6.45) is 1.25. The molecule has 100 valence electrons. The SMILES string of the molecule is CCOC(=O)Cn1c(=O)c(C#N)c2n(c1=O)CCC2. The molecular weight excluding hydrogens is 250 g/mol. The molecule has 1 aromatic rings. The van der Waals surface area contributed by atoms with Gasteiger partial charge in [0.2, 0.25) is 0 Å². The van der Waals surface area contributed by atoms with Crippen molar-refractivity contribution in [2.45, 2.75) is 32.9 Å². The predicted molar refractivity (Wildman–Crippen MR) is 64.6 cm³/mol. The Balaban J connectivity index is 2.57. The first kappa shape index (κ1) is 13.1. The highest BCUT2D eigenvalue weighted by Crippen LogP contribution is 2.12. The van der Waals surface area contributed by atoms with Crippen molar-refractivity contribution in [3.63, 3.8) is 0 Å². The fraction of sp³-hybridized carbons (Fsp3) is 0.500. The summed E-state index contributed by atoms with van der Waals surface area (Å²) < 4.78 is 6.88. The quantitative estimate of drug-likeness (QED) is 0.678. The standard InChI is InChI=1S/C12H13N3O4/c1-2-19-10(16)7-15-11(17)8(6-13)9-4-3-5-14(9)12(15)18/h2-5,7H2,1H3. The van der Waals surface area contributed by atoms with Gasteiger partial charge in [-0.25, -0.2) is 9.36 Å². The van der Waals surface area contributed by atoms with E-state index in [9.17, 15) is 14.4 Å². The number of nitrogens with zero attached hydrogens (tertiary/aromatic N) is 3. The molecular formula is C12H13N3O4. The first-order valence-corrected chi connectivity index (χ1v) is 6.02. The van der Waals surface area contributed by atoms with Crippen LogP contribution in [0.25, 0.3) is 0 Å². The number of nitriles is 1. The molecule has 0 aromatic carbocycles. The minimum absolute atomic E-state index is 0.0543. The van der Waals surface area contributed by atoms with E-state index in [0.717, 1.165) is 4.57 Å². The van der Waals surface area contributed by atoms with E-state index in [4.69, 9.17) is 10.00 Å².